The van der Waals surface area contributed by atoms with Crippen LogP contribution < -0.4 is 5.32 Å². The highest BCUT2D eigenvalue weighted by Crippen LogP contribution is 2.36. The molecule has 1 atom stereocenters. The van der Waals surface area contributed by atoms with Crippen LogP contribution in [0.3, 0.4) is 0 Å². The molecule has 2 saturated heterocycles. The fourth-order valence-corrected chi connectivity index (χ4v) is 4.15. The van der Waals surface area contributed by atoms with Crippen LogP contribution in [-0.4, -0.2) is 51.1 Å². The molecule has 0 spiro atoms. The van der Waals surface area contributed by atoms with E-state index >= 15 is 0 Å². The first-order chi connectivity index (χ1) is 10.9. The van der Waals surface area contributed by atoms with Crippen LogP contribution in [0.25, 0.3) is 0 Å². The maximum absolute atomic E-state index is 12.7. The number of carbonyl (C=O) groups excluding carboxylic acids is 1. The molecular formula is C16H22N2O4S. The Balaban J connectivity index is 1.61. The van der Waals surface area contributed by atoms with E-state index < -0.39 is 15.6 Å². The second kappa shape index (κ2) is 6.22. The van der Waals surface area contributed by atoms with E-state index in [9.17, 15) is 13.2 Å². The number of ether oxygens (including phenoxy) is 1. The molecule has 6 nitrogen and oxygen atoms in total. The van der Waals surface area contributed by atoms with Gasteiger partial charge in [0.1, 0.15) is 0 Å². The molecule has 1 unspecified atom stereocenters. The Bertz CT molecular complexity index is 663. The molecule has 3 rings (SSSR count). The van der Waals surface area contributed by atoms with Crippen LogP contribution >= 0.6 is 0 Å². The van der Waals surface area contributed by atoms with Gasteiger partial charge in [0, 0.05) is 32.2 Å². The maximum Gasteiger partial charge on any atom is 0.256 e. The zero-order valence-corrected chi connectivity index (χ0v) is 14.0. The van der Waals surface area contributed by atoms with E-state index in [1.165, 1.54) is 10.6 Å². The van der Waals surface area contributed by atoms with Gasteiger partial charge in [-0.15, -0.1) is 0 Å². The van der Waals surface area contributed by atoms with Crippen molar-refractivity contribution in [3.63, 3.8) is 0 Å². The third-order valence-corrected chi connectivity index (χ3v) is 5.81. The summed E-state index contributed by atoms with van der Waals surface area (Å²) in [5.74, 6) is 0.0434. The molecule has 0 aliphatic carbocycles. The van der Waals surface area contributed by atoms with E-state index in [1.54, 1.807) is 0 Å². The summed E-state index contributed by atoms with van der Waals surface area (Å²) >= 11 is 0. The first-order valence-corrected chi connectivity index (χ1v) is 9.69. The first kappa shape index (κ1) is 16.4. The zero-order chi connectivity index (χ0) is 16.5. The Kier molecular flexibility index (Phi) is 4.44. The van der Waals surface area contributed by atoms with Gasteiger partial charge < -0.3 is 10.1 Å². The smallest absolute Gasteiger partial charge is 0.256 e. The van der Waals surface area contributed by atoms with Crippen molar-refractivity contribution in [2.24, 2.45) is 5.92 Å². The normalized spacial score (nSPS) is 26.0. The van der Waals surface area contributed by atoms with Crippen molar-refractivity contribution in [2.45, 2.75) is 18.4 Å². The third-order valence-electron chi connectivity index (χ3n) is 4.57. The number of sulfonamides is 1. The molecule has 1 N–H and O–H groups in total. The molecule has 126 valence electrons. The van der Waals surface area contributed by atoms with E-state index in [0.29, 0.717) is 32.7 Å². The van der Waals surface area contributed by atoms with Crippen molar-refractivity contribution >= 4 is 15.9 Å². The average molecular weight is 338 g/mol. The van der Waals surface area contributed by atoms with Gasteiger partial charge in [0.25, 0.3) is 5.91 Å². The Morgan fingerprint density at radius 2 is 2.04 bits per heavy atom. The van der Waals surface area contributed by atoms with E-state index in [4.69, 9.17) is 4.74 Å². The molecule has 2 aliphatic rings. The lowest BCUT2D eigenvalue weighted by atomic mass is 9.89. The predicted octanol–water partition coefficient (Wildman–Crippen LogP) is 0.700. The number of benzene rings is 1. The first-order valence-electron chi connectivity index (χ1n) is 7.85. The van der Waals surface area contributed by atoms with Gasteiger partial charge in [0.05, 0.1) is 6.26 Å². The van der Waals surface area contributed by atoms with Crippen LogP contribution in [0.5, 0.6) is 0 Å². The van der Waals surface area contributed by atoms with Gasteiger partial charge >= 0.3 is 0 Å². The minimum absolute atomic E-state index is 0.126. The average Bonchev–Trinajstić information content (AvgIpc) is 2.95. The van der Waals surface area contributed by atoms with Crippen LogP contribution in [0.4, 0.5) is 0 Å². The topological polar surface area (TPSA) is 75.7 Å². The minimum atomic E-state index is -3.11. The summed E-state index contributed by atoms with van der Waals surface area (Å²) in [6.45, 7) is 1.99. The predicted molar refractivity (Wildman–Crippen MR) is 86.2 cm³/mol. The molecular weight excluding hydrogens is 316 g/mol. The summed E-state index contributed by atoms with van der Waals surface area (Å²) in [5, 5.41) is 2.95. The lowest BCUT2D eigenvalue weighted by molar-refractivity contribution is -0.143. The van der Waals surface area contributed by atoms with Crippen LogP contribution in [-0.2, 0) is 25.2 Å². The standard InChI is InChI=1S/C16H22N2O4S/c1-23(20,21)18-11-13(12-18)10-17-15(19)16(8-5-9-22-16)14-6-3-2-4-7-14/h2-4,6-7,13H,5,8-12H2,1H3,(H,17,19). The van der Waals surface area contributed by atoms with Crippen molar-refractivity contribution in [3.05, 3.63) is 35.9 Å². The van der Waals surface area contributed by atoms with Crippen molar-refractivity contribution < 1.29 is 17.9 Å². The number of nitrogens with one attached hydrogen (secondary N) is 1. The van der Waals surface area contributed by atoms with Crippen molar-refractivity contribution in [1.29, 1.82) is 0 Å². The van der Waals surface area contributed by atoms with E-state index in [1.807, 2.05) is 30.3 Å². The molecule has 2 fully saturated rings. The van der Waals surface area contributed by atoms with Gasteiger partial charge in [-0.1, -0.05) is 30.3 Å². The van der Waals surface area contributed by atoms with Gasteiger partial charge in [-0.25, -0.2) is 12.7 Å². The van der Waals surface area contributed by atoms with Crippen LogP contribution in [0.1, 0.15) is 18.4 Å². The minimum Gasteiger partial charge on any atom is -0.360 e. The molecule has 0 radical (unpaired) electrons. The molecule has 2 aliphatic heterocycles. The highest BCUT2D eigenvalue weighted by atomic mass is 32.2. The highest BCUT2D eigenvalue weighted by Gasteiger charge is 2.44. The Labute approximate surface area is 136 Å². The molecule has 0 bridgehead atoms. The monoisotopic (exact) mass is 338 g/mol. The van der Waals surface area contributed by atoms with Crippen LogP contribution in [0, 0.1) is 5.92 Å². The van der Waals surface area contributed by atoms with Crippen molar-refractivity contribution in [2.75, 3.05) is 32.5 Å². The summed E-state index contributed by atoms with van der Waals surface area (Å²) in [5.41, 5.74) is -0.0250. The Morgan fingerprint density at radius 1 is 1.35 bits per heavy atom. The summed E-state index contributed by atoms with van der Waals surface area (Å²) in [4.78, 5) is 12.7. The quantitative estimate of drug-likeness (QED) is 0.857. The summed E-state index contributed by atoms with van der Waals surface area (Å²) in [6.07, 6.45) is 2.73. The van der Waals surface area contributed by atoms with Crippen LogP contribution in [0.15, 0.2) is 30.3 Å². The summed E-state index contributed by atoms with van der Waals surface area (Å²) in [6, 6.07) is 9.56. The third kappa shape index (κ3) is 3.27. The molecule has 1 aromatic rings. The maximum atomic E-state index is 12.7. The highest BCUT2D eigenvalue weighted by molar-refractivity contribution is 7.88. The van der Waals surface area contributed by atoms with Gasteiger partial charge in [-0.05, 0) is 18.4 Å². The Morgan fingerprint density at radius 3 is 2.61 bits per heavy atom. The van der Waals surface area contributed by atoms with E-state index in [-0.39, 0.29) is 11.8 Å². The van der Waals surface area contributed by atoms with Gasteiger partial charge in [-0.2, -0.15) is 0 Å². The van der Waals surface area contributed by atoms with Crippen molar-refractivity contribution in [3.8, 4) is 0 Å². The SMILES string of the molecule is CS(=O)(=O)N1CC(CNC(=O)C2(c3ccccc3)CCCO2)C1. The van der Waals surface area contributed by atoms with Gasteiger partial charge in [-0.3, -0.25) is 4.79 Å². The van der Waals surface area contributed by atoms with E-state index in [0.717, 1.165) is 12.0 Å². The summed E-state index contributed by atoms with van der Waals surface area (Å²) < 4.78 is 30.0. The number of hydrogen-bond donors (Lipinski definition) is 1. The van der Waals surface area contributed by atoms with Crippen molar-refractivity contribution in [1.82, 2.24) is 9.62 Å². The lowest BCUT2D eigenvalue weighted by Gasteiger charge is -2.38. The van der Waals surface area contributed by atoms with E-state index in [2.05, 4.69) is 5.32 Å². The number of amides is 1. The number of hydrogen-bond acceptors (Lipinski definition) is 4. The molecule has 1 amide bonds. The molecule has 1 aromatic carbocycles. The van der Waals surface area contributed by atoms with Gasteiger partial charge in [0.15, 0.2) is 5.60 Å². The molecule has 23 heavy (non-hydrogen) atoms. The lowest BCUT2D eigenvalue weighted by Crippen LogP contribution is -2.55. The summed E-state index contributed by atoms with van der Waals surface area (Å²) in [7, 11) is -3.11. The fourth-order valence-electron chi connectivity index (χ4n) is 3.19. The van der Waals surface area contributed by atoms with Gasteiger partial charge in [0.2, 0.25) is 10.0 Å². The number of carbonyl (C=O) groups is 1. The fraction of sp³-hybridized carbons (Fsp3) is 0.562. The molecule has 0 aromatic heterocycles. The molecule has 0 saturated carbocycles. The number of nitrogens with zero attached hydrogens (tertiary/aromatic N) is 1. The zero-order valence-electron chi connectivity index (χ0n) is 13.2. The van der Waals surface area contributed by atoms with Crippen LogP contribution in [0.2, 0.25) is 0 Å². The number of rotatable bonds is 5. The second-order valence-electron chi connectivity index (χ2n) is 6.30. The molecule has 7 heteroatoms. The molecule has 2 heterocycles. The largest absolute Gasteiger partial charge is 0.360 e. The Hall–Kier alpha value is -1.44. The second-order valence-corrected chi connectivity index (χ2v) is 8.28.